The van der Waals surface area contributed by atoms with Gasteiger partial charge in [-0.25, -0.2) is 9.97 Å². The minimum atomic E-state index is 0.394. The Morgan fingerprint density at radius 3 is 1.95 bits per heavy atom. The molecule has 3 nitrogen and oxygen atoms in total. The molecule has 3 heteroatoms. The minimum Gasteiger partial charge on any atom is -0.236 e. The van der Waals surface area contributed by atoms with Gasteiger partial charge in [-0.2, -0.15) is 5.26 Å². The molecule has 94 valence electrons. The van der Waals surface area contributed by atoms with Gasteiger partial charge in [-0.3, -0.25) is 0 Å². The van der Waals surface area contributed by atoms with Crippen molar-refractivity contribution < 1.29 is 0 Å². The average Bonchev–Trinajstić information content (AvgIpc) is 2.55. The first-order valence-electron chi connectivity index (χ1n) is 6.26. The largest absolute Gasteiger partial charge is 0.236 e. The fourth-order valence-corrected chi connectivity index (χ4v) is 2.16. The third-order valence-electron chi connectivity index (χ3n) is 3.06. The summed E-state index contributed by atoms with van der Waals surface area (Å²) >= 11 is 0. The highest BCUT2D eigenvalue weighted by molar-refractivity contribution is 5.83. The summed E-state index contributed by atoms with van der Waals surface area (Å²) in [4.78, 5) is 8.46. The van der Waals surface area contributed by atoms with Crippen LogP contribution >= 0.6 is 0 Å². The van der Waals surface area contributed by atoms with E-state index in [0.29, 0.717) is 5.69 Å². The monoisotopic (exact) mass is 257 g/mol. The topological polar surface area (TPSA) is 49.6 Å². The molecule has 0 fully saturated rings. The number of nitrogens with zero attached hydrogens (tertiary/aromatic N) is 3. The van der Waals surface area contributed by atoms with Crippen molar-refractivity contribution in [1.82, 2.24) is 9.97 Å². The lowest BCUT2D eigenvalue weighted by Crippen LogP contribution is -1.96. The zero-order valence-electron chi connectivity index (χ0n) is 10.7. The molecule has 0 atom stereocenters. The first-order valence-corrected chi connectivity index (χ1v) is 6.26. The highest BCUT2D eigenvalue weighted by Gasteiger charge is 2.14. The predicted octanol–water partition coefficient (Wildman–Crippen LogP) is 3.68. The van der Waals surface area contributed by atoms with E-state index < -0.39 is 0 Å². The number of hydrogen-bond acceptors (Lipinski definition) is 3. The third-order valence-corrected chi connectivity index (χ3v) is 3.06. The van der Waals surface area contributed by atoms with Gasteiger partial charge in [-0.15, -0.1) is 0 Å². The van der Waals surface area contributed by atoms with E-state index in [4.69, 9.17) is 0 Å². The van der Waals surface area contributed by atoms with Gasteiger partial charge in [-0.05, 0) is 5.56 Å². The Morgan fingerprint density at radius 1 is 0.750 bits per heavy atom. The normalized spacial score (nSPS) is 9.95. The fourth-order valence-electron chi connectivity index (χ4n) is 2.16. The van der Waals surface area contributed by atoms with Crippen LogP contribution in [0.1, 0.15) is 5.69 Å². The second-order valence-electron chi connectivity index (χ2n) is 4.29. The van der Waals surface area contributed by atoms with Gasteiger partial charge in [0.15, 0.2) is 5.69 Å². The van der Waals surface area contributed by atoms with Crippen molar-refractivity contribution in [2.45, 2.75) is 0 Å². The Kier molecular flexibility index (Phi) is 3.22. The lowest BCUT2D eigenvalue weighted by Gasteiger charge is -2.09. The van der Waals surface area contributed by atoms with Crippen LogP contribution in [0.4, 0.5) is 0 Å². The molecule has 0 aliphatic heterocycles. The quantitative estimate of drug-likeness (QED) is 0.703. The Morgan fingerprint density at radius 2 is 1.35 bits per heavy atom. The molecule has 3 rings (SSSR count). The zero-order chi connectivity index (χ0) is 13.8. The van der Waals surface area contributed by atoms with Gasteiger partial charge in [0.2, 0.25) is 0 Å². The predicted molar refractivity (Wildman–Crippen MR) is 77.6 cm³/mol. The summed E-state index contributed by atoms with van der Waals surface area (Å²) in [5, 5.41) is 9.31. The van der Waals surface area contributed by atoms with Crippen LogP contribution in [0.15, 0.2) is 67.0 Å². The molecule has 20 heavy (non-hydrogen) atoms. The first kappa shape index (κ1) is 12.1. The number of rotatable bonds is 2. The molecule has 3 aromatic rings. The Hall–Kier alpha value is -2.99. The summed E-state index contributed by atoms with van der Waals surface area (Å²) < 4.78 is 0. The van der Waals surface area contributed by atoms with Gasteiger partial charge in [0.05, 0.1) is 5.69 Å². The number of benzene rings is 2. The van der Waals surface area contributed by atoms with E-state index in [1.165, 1.54) is 6.33 Å². The van der Waals surface area contributed by atoms with E-state index in [0.717, 1.165) is 22.4 Å². The molecule has 0 unspecified atom stereocenters. The Bertz CT molecular complexity index is 759. The molecule has 0 bridgehead atoms. The summed E-state index contributed by atoms with van der Waals surface area (Å²) in [6, 6.07) is 21.7. The summed E-state index contributed by atoms with van der Waals surface area (Å²) in [5.74, 6) is 0. The van der Waals surface area contributed by atoms with Gasteiger partial charge < -0.3 is 0 Å². The van der Waals surface area contributed by atoms with Crippen LogP contribution < -0.4 is 0 Å². The second kappa shape index (κ2) is 5.33. The van der Waals surface area contributed by atoms with Crippen molar-refractivity contribution in [2.24, 2.45) is 0 Å². The van der Waals surface area contributed by atoms with Gasteiger partial charge in [0.25, 0.3) is 0 Å². The number of aromatic nitrogens is 2. The zero-order valence-corrected chi connectivity index (χ0v) is 10.7. The number of hydrogen-bond donors (Lipinski definition) is 0. The minimum absolute atomic E-state index is 0.394. The van der Waals surface area contributed by atoms with Crippen molar-refractivity contribution in [3.05, 3.63) is 72.7 Å². The molecular formula is C17H11N3. The Balaban J connectivity index is 2.30. The van der Waals surface area contributed by atoms with Crippen LogP contribution in [0, 0.1) is 11.3 Å². The molecule has 1 heterocycles. The number of nitriles is 1. The van der Waals surface area contributed by atoms with Gasteiger partial charge >= 0.3 is 0 Å². The molecule has 1 aromatic heterocycles. The molecule has 0 saturated carbocycles. The molecular weight excluding hydrogens is 246 g/mol. The maximum Gasteiger partial charge on any atom is 0.152 e. The lowest BCUT2D eigenvalue weighted by molar-refractivity contribution is 1.15. The van der Waals surface area contributed by atoms with Crippen molar-refractivity contribution in [1.29, 1.82) is 5.26 Å². The highest BCUT2D eigenvalue weighted by Crippen LogP contribution is 2.31. The van der Waals surface area contributed by atoms with Gasteiger partial charge in [0, 0.05) is 11.1 Å². The van der Waals surface area contributed by atoms with E-state index in [1.54, 1.807) is 0 Å². The maximum atomic E-state index is 9.31. The molecule has 0 spiro atoms. The van der Waals surface area contributed by atoms with Crippen LogP contribution in [0.5, 0.6) is 0 Å². The standard InChI is InChI=1S/C17H11N3/c18-11-15-16(13-7-3-1-4-8-13)17(20-12-19-15)14-9-5-2-6-10-14/h1-10,12H. The van der Waals surface area contributed by atoms with Crippen molar-refractivity contribution >= 4 is 0 Å². The van der Waals surface area contributed by atoms with E-state index in [1.807, 2.05) is 60.7 Å². The van der Waals surface area contributed by atoms with E-state index in [-0.39, 0.29) is 0 Å². The smallest absolute Gasteiger partial charge is 0.152 e. The fraction of sp³-hybridized carbons (Fsp3) is 0. The summed E-state index contributed by atoms with van der Waals surface area (Å²) in [6.07, 6.45) is 1.44. The summed E-state index contributed by atoms with van der Waals surface area (Å²) in [6.45, 7) is 0. The summed E-state index contributed by atoms with van der Waals surface area (Å²) in [7, 11) is 0. The maximum absolute atomic E-state index is 9.31. The SMILES string of the molecule is N#Cc1ncnc(-c2ccccc2)c1-c1ccccc1. The van der Waals surface area contributed by atoms with E-state index in [9.17, 15) is 5.26 Å². The van der Waals surface area contributed by atoms with Gasteiger partial charge in [-0.1, -0.05) is 60.7 Å². The van der Waals surface area contributed by atoms with Crippen LogP contribution in [-0.4, -0.2) is 9.97 Å². The molecule has 0 radical (unpaired) electrons. The van der Waals surface area contributed by atoms with E-state index >= 15 is 0 Å². The van der Waals surface area contributed by atoms with E-state index in [2.05, 4.69) is 16.0 Å². The second-order valence-corrected chi connectivity index (χ2v) is 4.29. The Labute approximate surface area is 117 Å². The van der Waals surface area contributed by atoms with Crippen molar-refractivity contribution in [3.8, 4) is 28.5 Å². The van der Waals surface area contributed by atoms with Crippen LogP contribution in [0.3, 0.4) is 0 Å². The van der Waals surface area contributed by atoms with Crippen LogP contribution in [0.2, 0.25) is 0 Å². The van der Waals surface area contributed by atoms with Crippen LogP contribution in [0.25, 0.3) is 22.4 Å². The highest BCUT2D eigenvalue weighted by atomic mass is 14.8. The lowest BCUT2D eigenvalue weighted by atomic mass is 9.98. The average molecular weight is 257 g/mol. The first-order chi connectivity index (χ1) is 9.90. The van der Waals surface area contributed by atoms with Crippen LogP contribution in [-0.2, 0) is 0 Å². The van der Waals surface area contributed by atoms with Gasteiger partial charge in [0.1, 0.15) is 12.4 Å². The summed E-state index contributed by atoms with van der Waals surface area (Å²) in [5.41, 5.74) is 3.88. The molecule has 2 aromatic carbocycles. The molecule has 0 N–H and O–H groups in total. The van der Waals surface area contributed by atoms with Crippen molar-refractivity contribution in [2.75, 3.05) is 0 Å². The molecule has 0 aliphatic carbocycles. The molecule has 0 saturated heterocycles. The third kappa shape index (κ3) is 2.15. The molecule has 0 aliphatic rings. The molecule has 0 amide bonds. The van der Waals surface area contributed by atoms with Crippen molar-refractivity contribution in [3.63, 3.8) is 0 Å².